The second-order valence-corrected chi connectivity index (χ2v) is 4.79. The first kappa shape index (κ1) is 11.6. The molecule has 1 N–H and O–H groups in total. The number of hydrogen-bond donors (Lipinski definition) is 1. The lowest BCUT2D eigenvalue weighted by Gasteiger charge is -2.28. The molecule has 1 aliphatic heterocycles. The number of nitrogens with zero attached hydrogens (tertiary/aromatic N) is 3. The average Bonchev–Trinajstić information content (AvgIpc) is 2.61. The molecule has 90 valence electrons. The molecule has 0 unspecified atom stereocenters. The van der Waals surface area contributed by atoms with Gasteiger partial charge in [0, 0.05) is 45.0 Å². The van der Waals surface area contributed by atoms with E-state index in [4.69, 9.17) is 0 Å². The van der Waals surface area contributed by atoms with Gasteiger partial charge in [0.25, 0.3) is 0 Å². The standard InChI is InChI=1S/C12H22N4/c1-10(2)16-11(3)14-8-12(16)9-15-6-4-13-5-7-15/h8,10,13H,4-7,9H2,1-3H3. The van der Waals surface area contributed by atoms with Gasteiger partial charge in [0.15, 0.2) is 0 Å². The summed E-state index contributed by atoms with van der Waals surface area (Å²) in [7, 11) is 0. The van der Waals surface area contributed by atoms with Gasteiger partial charge in [0.1, 0.15) is 5.82 Å². The number of imidazole rings is 1. The Balaban J connectivity index is 2.08. The van der Waals surface area contributed by atoms with E-state index in [0.717, 1.165) is 38.5 Å². The maximum absolute atomic E-state index is 4.42. The minimum Gasteiger partial charge on any atom is -0.329 e. The first-order valence-corrected chi connectivity index (χ1v) is 6.14. The van der Waals surface area contributed by atoms with Crippen molar-refractivity contribution in [3.8, 4) is 0 Å². The Bertz CT molecular complexity index is 337. The summed E-state index contributed by atoms with van der Waals surface area (Å²) in [5.41, 5.74) is 1.34. The number of aromatic nitrogens is 2. The zero-order chi connectivity index (χ0) is 11.5. The molecule has 1 aromatic heterocycles. The van der Waals surface area contributed by atoms with Gasteiger partial charge in [-0.05, 0) is 20.8 Å². The minimum atomic E-state index is 0.500. The van der Waals surface area contributed by atoms with Crippen LogP contribution in [0.1, 0.15) is 31.4 Å². The van der Waals surface area contributed by atoms with Crippen molar-refractivity contribution in [3.05, 3.63) is 17.7 Å². The van der Waals surface area contributed by atoms with Crippen LogP contribution in [0.3, 0.4) is 0 Å². The van der Waals surface area contributed by atoms with Crippen molar-refractivity contribution >= 4 is 0 Å². The molecule has 0 saturated carbocycles. The van der Waals surface area contributed by atoms with Gasteiger partial charge in [-0.1, -0.05) is 0 Å². The Kier molecular flexibility index (Phi) is 3.61. The van der Waals surface area contributed by atoms with E-state index in [1.165, 1.54) is 5.69 Å². The number of rotatable bonds is 3. The molecule has 0 amide bonds. The molecule has 4 nitrogen and oxygen atoms in total. The SMILES string of the molecule is Cc1ncc(CN2CCNCC2)n1C(C)C. The third-order valence-corrected chi connectivity index (χ3v) is 3.17. The zero-order valence-electron chi connectivity index (χ0n) is 10.5. The smallest absolute Gasteiger partial charge is 0.105 e. The lowest BCUT2D eigenvalue weighted by atomic mass is 10.3. The fourth-order valence-electron chi connectivity index (χ4n) is 2.42. The molecule has 16 heavy (non-hydrogen) atoms. The molecule has 0 atom stereocenters. The lowest BCUT2D eigenvalue weighted by molar-refractivity contribution is 0.226. The predicted molar refractivity (Wildman–Crippen MR) is 65.5 cm³/mol. The van der Waals surface area contributed by atoms with Crippen LogP contribution in [0.5, 0.6) is 0 Å². The summed E-state index contributed by atoms with van der Waals surface area (Å²) in [6.07, 6.45) is 2.03. The summed E-state index contributed by atoms with van der Waals surface area (Å²) in [5.74, 6) is 1.13. The van der Waals surface area contributed by atoms with Crippen LogP contribution < -0.4 is 5.32 Å². The number of hydrogen-bond acceptors (Lipinski definition) is 3. The van der Waals surface area contributed by atoms with Crippen LogP contribution in [0.4, 0.5) is 0 Å². The predicted octanol–water partition coefficient (Wildman–Crippen LogP) is 1.18. The van der Waals surface area contributed by atoms with Crippen LogP contribution in [0.25, 0.3) is 0 Å². The molecule has 1 aliphatic rings. The highest BCUT2D eigenvalue weighted by Crippen LogP contribution is 2.15. The van der Waals surface area contributed by atoms with E-state index in [1.54, 1.807) is 0 Å². The van der Waals surface area contributed by atoms with Crippen molar-refractivity contribution in [2.24, 2.45) is 0 Å². The van der Waals surface area contributed by atoms with Crippen molar-refractivity contribution in [2.45, 2.75) is 33.4 Å². The number of piperazine rings is 1. The molecule has 1 saturated heterocycles. The van der Waals surface area contributed by atoms with E-state index in [0.29, 0.717) is 6.04 Å². The maximum atomic E-state index is 4.42. The van der Waals surface area contributed by atoms with Gasteiger partial charge in [0.05, 0.1) is 5.69 Å². The summed E-state index contributed by atoms with van der Waals surface area (Å²) in [6.45, 7) is 12.0. The summed E-state index contributed by atoms with van der Waals surface area (Å²) >= 11 is 0. The molecule has 0 bridgehead atoms. The minimum absolute atomic E-state index is 0.500. The van der Waals surface area contributed by atoms with Gasteiger partial charge in [-0.3, -0.25) is 4.90 Å². The number of aryl methyl sites for hydroxylation is 1. The molecular formula is C12H22N4. The molecule has 1 aromatic rings. The van der Waals surface area contributed by atoms with Crippen molar-refractivity contribution in [2.75, 3.05) is 26.2 Å². The molecule has 2 heterocycles. The van der Waals surface area contributed by atoms with E-state index >= 15 is 0 Å². The Morgan fingerprint density at radius 1 is 1.38 bits per heavy atom. The van der Waals surface area contributed by atoms with E-state index < -0.39 is 0 Å². The molecular weight excluding hydrogens is 200 g/mol. The molecule has 2 rings (SSSR count). The van der Waals surface area contributed by atoms with Crippen molar-refractivity contribution in [1.29, 1.82) is 0 Å². The maximum Gasteiger partial charge on any atom is 0.105 e. The number of nitrogens with one attached hydrogen (secondary N) is 1. The zero-order valence-corrected chi connectivity index (χ0v) is 10.5. The molecule has 0 radical (unpaired) electrons. The molecule has 4 heteroatoms. The molecule has 0 aromatic carbocycles. The summed E-state index contributed by atoms with van der Waals surface area (Å²) in [5, 5.41) is 3.38. The van der Waals surface area contributed by atoms with Crippen LogP contribution in [-0.2, 0) is 6.54 Å². The summed E-state index contributed by atoms with van der Waals surface area (Å²) < 4.78 is 2.34. The van der Waals surface area contributed by atoms with Gasteiger partial charge >= 0.3 is 0 Å². The highest BCUT2D eigenvalue weighted by atomic mass is 15.2. The van der Waals surface area contributed by atoms with Crippen molar-refractivity contribution < 1.29 is 0 Å². The van der Waals surface area contributed by atoms with E-state index in [9.17, 15) is 0 Å². The van der Waals surface area contributed by atoms with Gasteiger partial charge in [-0.15, -0.1) is 0 Å². The Morgan fingerprint density at radius 3 is 2.69 bits per heavy atom. The van der Waals surface area contributed by atoms with Gasteiger partial charge in [-0.25, -0.2) is 4.98 Å². The van der Waals surface area contributed by atoms with Crippen LogP contribution in [0.15, 0.2) is 6.20 Å². The highest BCUT2D eigenvalue weighted by Gasteiger charge is 2.15. The van der Waals surface area contributed by atoms with E-state index in [-0.39, 0.29) is 0 Å². The second-order valence-electron chi connectivity index (χ2n) is 4.79. The van der Waals surface area contributed by atoms with E-state index in [2.05, 4.69) is 40.5 Å². The average molecular weight is 222 g/mol. The van der Waals surface area contributed by atoms with Crippen LogP contribution >= 0.6 is 0 Å². The Labute approximate surface area is 97.7 Å². The van der Waals surface area contributed by atoms with Crippen LogP contribution in [0, 0.1) is 6.92 Å². The fourth-order valence-corrected chi connectivity index (χ4v) is 2.42. The highest BCUT2D eigenvalue weighted by molar-refractivity contribution is 5.06. The normalized spacial score (nSPS) is 18.2. The Morgan fingerprint density at radius 2 is 2.06 bits per heavy atom. The quantitative estimate of drug-likeness (QED) is 0.833. The van der Waals surface area contributed by atoms with Crippen LogP contribution in [-0.4, -0.2) is 40.6 Å². The van der Waals surface area contributed by atoms with Gasteiger partial charge < -0.3 is 9.88 Å². The topological polar surface area (TPSA) is 33.1 Å². The van der Waals surface area contributed by atoms with Gasteiger partial charge in [-0.2, -0.15) is 0 Å². The first-order valence-electron chi connectivity index (χ1n) is 6.14. The summed E-state index contributed by atoms with van der Waals surface area (Å²) in [6, 6.07) is 0.500. The molecule has 0 aliphatic carbocycles. The first-order chi connectivity index (χ1) is 7.68. The van der Waals surface area contributed by atoms with Gasteiger partial charge in [0.2, 0.25) is 0 Å². The monoisotopic (exact) mass is 222 g/mol. The Hall–Kier alpha value is -0.870. The fraction of sp³-hybridized carbons (Fsp3) is 0.750. The molecule has 0 spiro atoms. The largest absolute Gasteiger partial charge is 0.329 e. The molecule has 1 fully saturated rings. The van der Waals surface area contributed by atoms with Crippen molar-refractivity contribution in [3.63, 3.8) is 0 Å². The third kappa shape index (κ3) is 2.44. The second kappa shape index (κ2) is 4.97. The van der Waals surface area contributed by atoms with Crippen molar-refractivity contribution in [1.82, 2.24) is 19.8 Å². The van der Waals surface area contributed by atoms with Crippen LogP contribution in [0.2, 0.25) is 0 Å². The van der Waals surface area contributed by atoms with E-state index in [1.807, 2.05) is 6.20 Å². The lowest BCUT2D eigenvalue weighted by Crippen LogP contribution is -2.43. The summed E-state index contributed by atoms with van der Waals surface area (Å²) in [4.78, 5) is 6.92. The third-order valence-electron chi connectivity index (χ3n) is 3.17.